The molecule has 1 fully saturated rings. The topological polar surface area (TPSA) is 35.5 Å². The molecular formula is C12H26N2O. The summed E-state index contributed by atoms with van der Waals surface area (Å²) in [4.78, 5) is 2.54. The number of rotatable bonds is 5. The van der Waals surface area contributed by atoms with Crippen LogP contribution in [0.25, 0.3) is 0 Å². The number of aliphatic hydroxyl groups is 1. The number of nitrogens with zero attached hydrogens (tertiary/aromatic N) is 1. The zero-order valence-electron chi connectivity index (χ0n) is 10.4. The maximum absolute atomic E-state index is 9.39. The zero-order valence-corrected chi connectivity index (χ0v) is 10.4. The number of nitrogens with one attached hydrogen (secondary N) is 1. The number of hydrogen-bond acceptors (Lipinski definition) is 3. The van der Waals surface area contributed by atoms with Crippen LogP contribution in [0.1, 0.15) is 39.5 Å². The molecule has 0 aromatic heterocycles. The minimum atomic E-state index is -0.148. The van der Waals surface area contributed by atoms with E-state index in [2.05, 4.69) is 24.1 Å². The highest BCUT2D eigenvalue weighted by molar-refractivity contribution is 4.88. The van der Waals surface area contributed by atoms with Gasteiger partial charge in [0, 0.05) is 12.6 Å². The second kappa shape index (κ2) is 5.83. The molecule has 0 aromatic carbocycles. The molecule has 3 nitrogen and oxygen atoms in total. The molecule has 15 heavy (non-hydrogen) atoms. The van der Waals surface area contributed by atoms with Crippen LogP contribution in [0.15, 0.2) is 0 Å². The highest BCUT2D eigenvalue weighted by Crippen LogP contribution is 2.21. The molecule has 1 aliphatic heterocycles. The summed E-state index contributed by atoms with van der Waals surface area (Å²) in [6, 6.07) is 0.720. The van der Waals surface area contributed by atoms with E-state index in [9.17, 15) is 5.11 Å². The van der Waals surface area contributed by atoms with Crippen molar-refractivity contribution in [3.8, 4) is 0 Å². The van der Waals surface area contributed by atoms with Gasteiger partial charge in [-0.1, -0.05) is 13.3 Å². The Kier molecular flexibility index (Phi) is 5.03. The molecule has 0 saturated carbocycles. The van der Waals surface area contributed by atoms with Crippen LogP contribution in [-0.2, 0) is 0 Å². The van der Waals surface area contributed by atoms with Crippen molar-refractivity contribution < 1.29 is 5.11 Å². The number of aliphatic hydroxyl groups excluding tert-OH is 1. The second-order valence-corrected chi connectivity index (χ2v) is 5.00. The first-order valence-corrected chi connectivity index (χ1v) is 6.19. The van der Waals surface area contributed by atoms with E-state index in [0.717, 1.165) is 12.6 Å². The molecule has 0 spiro atoms. The minimum absolute atomic E-state index is 0.148. The molecule has 0 amide bonds. The predicted octanol–water partition coefficient (Wildman–Crippen LogP) is 1.22. The summed E-state index contributed by atoms with van der Waals surface area (Å²) in [5.41, 5.74) is -0.148. The van der Waals surface area contributed by atoms with Gasteiger partial charge in [0.1, 0.15) is 0 Å². The van der Waals surface area contributed by atoms with Gasteiger partial charge in [-0.15, -0.1) is 0 Å². The van der Waals surface area contributed by atoms with Gasteiger partial charge in [0.2, 0.25) is 0 Å². The number of likely N-dealkylation sites (N-methyl/N-ethyl adjacent to an activating group) is 1. The highest BCUT2D eigenvalue weighted by atomic mass is 16.3. The lowest BCUT2D eigenvalue weighted by Crippen LogP contribution is -2.55. The van der Waals surface area contributed by atoms with Crippen molar-refractivity contribution >= 4 is 0 Å². The summed E-state index contributed by atoms with van der Waals surface area (Å²) in [6.07, 6.45) is 5.22. The first-order valence-electron chi connectivity index (χ1n) is 6.19. The fourth-order valence-corrected chi connectivity index (χ4v) is 2.39. The molecule has 0 radical (unpaired) electrons. The molecule has 1 rings (SSSR count). The number of hydrogen-bond donors (Lipinski definition) is 2. The largest absolute Gasteiger partial charge is 0.394 e. The fraction of sp³-hybridized carbons (Fsp3) is 1.00. The van der Waals surface area contributed by atoms with Crippen LogP contribution in [-0.4, -0.2) is 48.3 Å². The van der Waals surface area contributed by atoms with Gasteiger partial charge in [0.25, 0.3) is 0 Å². The van der Waals surface area contributed by atoms with Crippen molar-refractivity contribution in [2.75, 3.05) is 26.7 Å². The standard InChI is InChI=1S/C12H26N2O/c1-4-11-7-5-6-8-14(11)9-12(2,10-15)13-3/h11,13,15H,4-10H2,1-3H3. The van der Waals surface area contributed by atoms with Crippen molar-refractivity contribution in [3.63, 3.8) is 0 Å². The number of likely N-dealkylation sites (tertiary alicyclic amines) is 1. The van der Waals surface area contributed by atoms with Gasteiger partial charge in [0.15, 0.2) is 0 Å². The molecule has 90 valence electrons. The van der Waals surface area contributed by atoms with E-state index >= 15 is 0 Å². The average Bonchev–Trinajstić information content (AvgIpc) is 2.29. The Labute approximate surface area is 93.9 Å². The molecule has 0 aliphatic carbocycles. The van der Waals surface area contributed by atoms with Crippen molar-refractivity contribution in [3.05, 3.63) is 0 Å². The molecular weight excluding hydrogens is 188 g/mol. The van der Waals surface area contributed by atoms with Crippen LogP contribution in [0.5, 0.6) is 0 Å². The van der Waals surface area contributed by atoms with Gasteiger partial charge in [-0.3, -0.25) is 4.90 Å². The van der Waals surface area contributed by atoms with E-state index in [1.165, 1.54) is 32.2 Å². The molecule has 0 bridgehead atoms. The third-order valence-corrected chi connectivity index (χ3v) is 3.72. The summed E-state index contributed by atoms with van der Waals surface area (Å²) >= 11 is 0. The first-order chi connectivity index (χ1) is 7.15. The van der Waals surface area contributed by atoms with Crippen molar-refractivity contribution in [2.45, 2.75) is 51.1 Å². The Bertz CT molecular complexity index is 180. The van der Waals surface area contributed by atoms with Crippen LogP contribution in [0.4, 0.5) is 0 Å². The van der Waals surface area contributed by atoms with Gasteiger partial charge in [-0.2, -0.15) is 0 Å². The molecule has 1 saturated heterocycles. The Morgan fingerprint density at radius 3 is 2.73 bits per heavy atom. The smallest absolute Gasteiger partial charge is 0.0623 e. The van der Waals surface area contributed by atoms with Gasteiger partial charge >= 0.3 is 0 Å². The SMILES string of the molecule is CCC1CCCCN1CC(C)(CO)NC. The third-order valence-electron chi connectivity index (χ3n) is 3.72. The Morgan fingerprint density at radius 1 is 1.47 bits per heavy atom. The predicted molar refractivity (Wildman–Crippen MR) is 64.1 cm³/mol. The second-order valence-electron chi connectivity index (χ2n) is 5.00. The third kappa shape index (κ3) is 3.44. The highest BCUT2D eigenvalue weighted by Gasteiger charge is 2.29. The van der Waals surface area contributed by atoms with Gasteiger partial charge in [0.05, 0.1) is 12.1 Å². The Hall–Kier alpha value is -0.120. The molecule has 3 heteroatoms. The van der Waals surface area contributed by atoms with E-state index < -0.39 is 0 Å². The molecule has 1 heterocycles. The number of piperidine rings is 1. The Morgan fingerprint density at radius 2 is 2.20 bits per heavy atom. The normalized spacial score (nSPS) is 27.6. The molecule has 0 aromatic rings. The van der Waals surface area contributed by atoms with Gasteiger partial charge in [-0.25, -0.2) is 0 Å². The Balaban J connectivity index is 2.53. The first kappa shape index (κ1) is 12.9. The zero-order chi connectivity index (χ0) is 11.3. The van der Waals surface area contributed by atoms with Crippen molar-refractivity contribution in [2.24, 2.45) is 0 Å². The van der Waals surface area contributed by atoms with E-state index in [1.807, 2.05) is 7.05 Å². The molecule has 2 unspecified atom stereocenters. The quantitative estimate of drug-likeness (QED) is 0.722. The van der Waals surface area contributed by atoms with Crippen LogP contribution < -0.4 is 5.32 Å². The summed E-state index contributed by atoms with van der Waals surface area (Å²) in [7, 11) is 1.93. The van der Waals surface area contributed by atoms with Gasteiger partial charge in [-0.05, 0) is 39.8 Å². The molecule has 1 aliphatic rings. The van der Waals surface area contributed by atoms with Crippen LogP contribution >= 0.6 is 0 Å². The lowest BCUT2D eigenvalue weighted by molar-refractivity contribution is 0.0762. The maximum Gasteiger partial charge on any atom is 0.0623 e. The monoisotopic (exact) mass is 214 g/mol. The van der Waals surface area contributed by atoms with E-state index in [4.69, 9.17) is 0 Å². The summed E-state index contributed by atoms with van der Waals surface area (Å²) in [5, 5.41) is 12.6. The molecule has 2 atom stereocenters. The maximum atomic E-state index is 9.39. The van der Waals surface area contributed by atoms with Crippen LogP contribution in [0.3, 0.4) is 0 Å². The summed E-state index contributed by atoms with van der Waals surface area (Å²) in [6.45, 7) is 6.71. The van der Waals surface area contributed by atoms with Crippen molar-refractivity contribution in [1.29, 1.82) is 0 Å². The van der Waals surface area contributed by atoms with Gasteiger partial charge < -0.3 is 10.4 Å². The minimum Gasteiger partial charge on any atom is -0.394 e. The molecule has 2 N–H and O–H groups in total. The fourth-order valence-electron chi connectivity index (χ4n) is 2.39. The average molecular weight is 214 g/mol. The van der Waals surface area contributed by atoms with E-state index in [0.29, 0.717) is 0 Å². The lowest BCUT2D eigenvalue weighted by Gasteiger charge is -2.41. The summed E-state index contributed by atoms with van der Waals surface area (Å²) in [5.74, 6) is 0. The van der Waals surface area contributed by atoms with Crippen LogP contribution in [0, 0.1) is 0 Å². The van der Waals surface area contributed by atoms with Crippen LogP contribution in [0.2, 0.25) is 0 Å². The van der Waals surface area contributed by atoms with E-state index in [-0.39, 0.29) is 12.1 Å². The summed E-state index contributed by atoms with van der Waals surface area (Å²) < 4.78 is 0. The lowest BCUT2D eigenvalue weighted by atomic mass is 9.95. The van der Waals surface area contributed by atoms with Crippen molar-refractivity contribution in [1.82, 2.24) is 10.2 Å². The van der Waals surface area contributed by atoms with E-state index in [1.54, 1.807) is 0 Å².